The van der Waals surface area contributed by atoms with E-state index in [1.54, 1.807) is 12.1 Å². The zero-order chi connectivity index (χ0) is 23.0. The average Bonchev–Trinajstić information content (AvgIpc) is 2.79. The van der Waals surface area contributed by atoms with Crippen LogP contribution in [0.1, 0.15) is 24.8 Å². The highest BCUT2D eigenvalue weighted by Crippen LogP contribution is 2.30. The second-order valence-electron chi connectivity index (χ2n) is 7.55. The largest absolute Gasteiger partial charge is 0.495 e. The highest BCUT2D eigenvalue weighted by atomic mass is 32.2. The van der Waals surface area contributed by atoms with Crippen molar-refractivity contribution in [3.63, 3.8) is 0 Å². The van der Waals surface area contributed by atoms with Gasteiger partial charge in [0.25, 0.3) is 0 Å². The van der Waals surface area contributed by atoms with Crippen LogP contribution in [0.15, 0.2) is 47.4 Å². The lowest BCUT2D eigenvalue weighted by molar-refractivity contribution is -0.116. The molecule has 3 rings (SSSR count). The summed E-state index contributed by atoms with van der Waals surface area (Å²) in [6.07, 6.45) is 1.71. The third kappa shape index (κ3) is 6.44. The summed E-state index contributed by atoms with van der Waals surface area (Å²) >= 11 is 0. The topological polar surface area (TPSA) is 94.2 Å². The number of rotatable bonds is 10. The van der Waals surface area contributed by atoms with E-state index in [2.05, 4.69) is 5.32 Å². The maximum atomic E-state index is 13.1. The Balaban J connectivity index is 1.54. The number of methoxy groups -OCH3 is 1. The van der Waals surface area contributed by atoms with Gasteiger partial charge in [-0.15, -0.1) is 0 Å². The molecular weight excluding hydrogens is 432 g/mol. The predicted molar refractivity (Wildman–Crippen MR) is 122 cm³/mol. The maximum absolute atomic E-state index is 13.1. The van der Waals surface area contributed by atoms with Gasteiger partial charge in [0.1, 0.15) is 16.4 Å². The molecule has 1 N–H and O–H groups in total. The average molecular weight is 463 g/mol. The van der Waals surface area contributed by atoms with Crippen LogP contribution in [-0.4, -0.2) is 58.7 Å². The van der Waals surface area contributed by atoms with E-state index >= 15 is 0 Å². The molecule has 0 atom stereocenters. The summed E-state index contributed by atoms with van der Waals surface area (Å²) < 4.78 is 43.7. The Morgan fingerprint density at radius 3 is 2.62 bits per heavy atom. The molecule has 1 amide bonds. The smallest absolute Gasteiger partial charge is 0.246 e. The molecule has 2 aromatic rings. The minimum atomic E-state index is -3.76. The highest BCUT2D eigenvalue weighted by molar-refractivity contribution is 7.89. The fourth-order valence-corrected chi connectivity index (χ4v) is 4.98. The van der Waals surface area contributed by atoms with Crippen LogP contribution >= 0.6 is 0 Å². The molecule has 2 aromatic carbocycles. The number of aryl methyl sites for hydroxylation is 1. The van der Waals surface area contributed by atoms with Crippen molar-refractivity contribution in [2.45, 2.75) is 31.1 Å². The van der Waals surface area contributed by atoms with Crippen LogP contribution < -0.4 is 14.8 Å². The molecule has 0 spiro atoms. The number of hydrogen-bond acceptors (Lipinski definition) is 6. The lowest BCUT2D eigenvalue weighted by atomic mass is 10.2. The lowest BCUT2D eigenvalue weighted by Crippen LogP contribution is -2.40. The van der Waals surface area contributed by atoms with Gasteiger partial charge in [0.05, 0.1) is 26.9 Å². The quantitative estimate of drug-likeness (QED) is 0.545. The van der Waals surface area contributed by atoms with E-state index in [4.69, 9.17) is 14.2 Å². The van der Waals surface area contributed by atoms with Gasteiger partial charge < -0.3 is 19.5 Å². The predicted octanol–water partition coefficient (Wildman–Crippen LogP) is 3.21. The zero-order valence-electron chi connectivity index (χ0n) is 18.5. The number of nitrogens with one attached hydrogen (secondary N) is 1. The lowest BCUT2D eigenvalue weighted by Gasteiger charge is -2.26. The minimum absolute atomic E-state index is 0.0336. The molecule has 9 heteroatoms. The maximum Gasteiger partial charge on any atom is 0.246 e. The molecule has 0 saturated carbocycles. The molecule has 1 aliphatic rings. The van der Waals surface area contributed by atoms with Crippen molar-refractivity contribution >= 4 is 21.6 Å². The van der Waals surface area contributed by atoms with Crippen LogP contribution in [0.25, 0.3) is 0 Å². The van der Waals surface area contributed by atoms with Crippen LogP contribution in [-0.2, 0) is 19.6 Å². The Kier molecular flexibility index (Phi) is 8.49. The number of carbonyl (C=O) groups excluding carboxylic acids is 1. The first-order valence-electron chi connectivity index (χ1n) is 10.7. The fraction of sp³-hybridized carbons (Fsp3) is 0.435. The summed E-state index contributed by atoms with van der Waals surface area (Å²) in [7, 11) is -2.33. The second-order valence-corrected chi connectivity index (χ2v) is 9.46. The van der Waals surface area contributed by atoms with E-state index in [-0.39, 0.29) is 29.6 Å². The number of sulfonamides is 1. The molecule has 0 aliphatic carbocycles. The zero-order valence-corrected chi connectivity index (χ0v) is 19.3. The SMILES string of the molecule is COc1ccc(NC(=O)CCCCOc2cccc(C)c2)cc1S(=O)(=O)N1CCOCC1. The summed E-state index contributed by atoms with van der Waals surface area (Å²) in [5.74, 6) is 0.880. The first-order chi connectivity index (χ1) is 15.4. The molecular formula is C23H30N2O6S. The summed E-state index contributed by atoms with van der Waals surface area (Å²) in [4.78, 5) is 12.4. The Hall–Kier alpha value is -2.62. The Labute approximate surface area is 189 Å². The first-order valence-corrected chi connectivity index (χ1v) is 12.1. The monoisotopic (exact) mass is 462 g/mol. The normalized spacial score (nSPS) is 14.7. The molecule has 0 radical (unpaired) electrons. The summed E-state index contributed by atoms with van der Waals surface area (Å²) in [6.45, 7) is 3.81. The Morgan fingerprint density at radius 1 is 1.12 bits per heavy atom. The number of morpholine rings is 1. The van der Waals surface area contributed by atoms with Crippen molar-refractivity contribution < 1.29 is 27.4 Å². The van der Waals surface area contributed by atoms with Gasteiger partial charge in [0, 0.05) is 25.2 Å². The molecule has 1 heterocycles. The minimum Gasteiger partial charge on any atom is -0.495 e. The number of ether oxygens (including phenoxy) is 3. The van der Waals surface area contributed by atoms with Gasteiger partial charge in [-0.3, -0.25) is 4.79 Å². The molecule has 1 fully saturated rings. The number of nitrogens with zero attached hydrogens (tertiary/aromatic N) is 1. The van der Waals surface area contributed by atoms with Crippen molar-refractivity contribution in [3.05, 3.63) is 48.0 Å². The van der Waals surface area contributed by atoms with E-state index in [9.17, 15) is 13.2 Å². The van der Waals surface area contributed by atoms with Crippen molar-refractivity contribution in [2.24, 2.45) is 0 Å². The van der Waals surface area contributed by atoms with Crippen LogP contribution in [0.2, 0.25) is 0 Å². The molecule has 1 saturated heterocycles. The van der Waals surface area contributed by atoms with Crippen LogP contribution in [0.4, 0.5) is 5.69 Å². The molecule has 32 heavy (non-hydrogen) atoms. The third-order valence-corrected chi connectivity index (χ3v) is 7.01. The number of unbranched alkanes of at least 4 members (excludes halogenated alkanes) is 1. The van der Waals surface area contributed by atoms with Crippen LogP contribution in [0.5, 0.6) is 11.5 Å². The molecule has 0 bridgehead atoms. The molecule has 8 nitrogen and oxygen atoms in total. The highest BCUT2D eigenvalue weighted by Gasteiger charge is 2.29. The molecule has 174 valence electrons. The van der Waals surface area contributed by atoms with Gasteiger partial charge in [-0.1, -0.05) is 12.1 Å². The first kappa shape index (κ1) is 24.0. The van der Waals surface area contributed by atoms with E-state index in [1.807, 2.05) is 31.2 Å². The number of amides is 1. The van der Waals surface area contributed by atoms with Crippen molar-refractivity contribution in [3.8, 4) is 11.5 Å². The van der Waals surface area contributed by atoms with Gasteiger partial charge in [-0.2, -0.15) is 4.31 Å². The van der Waals surface area contributed by atoms with Crippen LogP contribution in [0.3, 0.4) is 0 Å². The van der Waals surface area contributed by atoms with Crippen LogP contribution in [0, 0.1) is 6.92 Å². The summed E-state index contributed by atoms with van der Waals surface area (Å²) in [5.41, 5.74) is 1.55. The summed E-state index contributed by atoms with van der Waals surface area (Å²) in [6, 6.07) is 12.5. The van der Waals surface area contributed by atoms with Gasteiger partial charge in [-0.05, 0) is 55.7 Å². The van der Waals surface area contributed by atoms with Gasteiger partial charge in [-0.25, -0.2) is 8.42 Å². The van der Waals surface area contributed by atoms with Crippen molar-refractivity contribution in [2.75, 3.05) is 45.3 Å². The van der Waals surface area contributed by atoms with Gasteiger partial charge >= 0.3 is 0 Å². The van der Waals surface area contributed by atoms with E-state index in [1.165, 1.54) is 17.5 Å². The van der Waals surface area contributed by atoms with Crippen molar-refractivity contribution in [1.82, 2.24) is 4.31 Å². The standard InChI is InChI=1S/C23H30N2O6S/c1-18-6-5-7-20(16-18)31-13-4-3-8-23(26)24-19-9-10-21(29-2)22(17-19)32(27,28)25-11-14-30-15-12-25/h5-7,9-10,16-17H,3-4,8,11-15H2,1-2H3,(H,24,26). The van der Waals surface area contributed by atoms with Gasteiger partial charge in [0.2, 0.25) is 15.9 Å². The van der Waals surface area contributed by atoms with Crippen molar-refractivity contribution in [1.29, 1.82) is 0 Å². The van der Waals surface area contributed by atoms with Gasteiger partial charge in [0.15, 0.2) is 0 Å². The molecule has 0 aromatic heterocycles. The second kappa shape index (κ2) is 11.3. The summed E-state index contributed by atoms with van der Waals surface area (Å²) in [5, 5.41) is 2.78. The Bertz CT molecular complexity index is 1020. The Morgan fingerprint density at radius 2 is 1.91 bits per heavy atom. The fourth-order valence-electron chi connectivity index (χ4n) is 3.39. The number of anilines is 1. The van der Waals surface area contributed by atoms with E-state index < -0.39 is 10.0 Å². The molecule has 0 unspecified atom stereocenters. The number of carbonyl (C=O) groups is 1. The number of benzene rings is 2. The van der Waals surface area contributed by atoms with E-state index in [0.29, 0.717) is 38.3 Å². The number of hydrogen-bond donors (Lipinski definition) is 1. The third-order valence-electron chi connectivity index (χ3n) is 5.09. The van der Waals surface area contributed by atoms with E-state index in [0.717, 1.165) is 17.7 Å². The molecule has 1 aliphatic heterocycles.